The lowest BCUT2D eigenvalue weighted by molar-refractivity contribution is -0.147. The number of carbonyl (C=O) groups is 2. The van der Waals surface area contributed by atoms with Crippen LogP contribution in [0.2, 0.25) is 0 Å². The summed E-state index contributed by atoms with van der Waals surface area (Å²) in [4.78, 5) is 27.5. The van der Waals surface area contributed by atoms with Gasteiger partial charge >= 0.3 is 6.18 Å². The summed E-state index contributed by atoms with van der Waals surface area (Å²) in [5.41, 5.74) is 1.23. The molecule has 0 atom stereocenters. The van der Waals surface area contributed by atoms with Crippen molar-refractivity contribution in [3.8, 4) is 0 Å². The van der Waals surface area contributed by atoms with Crippen molar-refractivity contribution in [1.82, 2.24) is 20.2 Å². The van der Waals surface area contributed by atoms with Gasteiger partial charge in [-0.1, -0.05) is 42.5 Å². The fourth-order valence-electron chi connectivity index (χ4n) is 2.69. The number of rotatable bonds is 6. The summed E-state index contributed by atoms with van der Waals surface area (Å²) in [5, 5.41) is 4.96. The number of hydrogen-bond acceptors (Lipinski definition) is 3. The summed E-state index contributed by atoms with van der Waals surface area (Å²) >= 11 is 0. The van der Waals surface area contributed by atoms with E-state index >= 15 is 0 Å². The number of amides is 2. The summed E-state index contributed by atoms with van der Waals surface area (Å²) in [7, 11) is 0. The first kappa shape index (κ1) is 19.4. The third-order valence-corrected chi connectivity index (χ3v) is 3.99. The molecule has 0 fully saturated rings. The number of alkyl halides is 3. The Morgan fingerprint density at radius 3 is 2.32 bits per heavy atom. The second kappa shape index (κ2) is 8.12. The molecule has 1 aromatic heterocycles. The molecular formula is C19H17F3N4O2. The van der Waals surface area contributed by atoms with E-state index in [1.54, 1.807) is 12.1 Å². The van der Waals surface area contributed by atoms with Crippen LogP contribution in [-0.2, 0) is 28.9 Å². The predicted octanol–water partition coefficient (Wildman–Crippen LogP) is 2.49. The van der Waals surface area contributed by atoms with Gasteiger partial charge in [-0.3, -0.25) is 9.59 Å². The van der Waals surface area contributed by atoms with Gasteiger partial charge in [-0.2, -0.15) is 13.2 Å². The highest BCUT2D eigenvalue weighted by molar-refractivity contribution is 5.86. The van der Waals surface area contributed by atoms with Crippen LogP contribution in [0.3, 0.4) is 0 Å². The molecular weight excluding hydrogens is 373 g/mol. The van der Waals surface area contributed by atoms with Gasteiger partial charge in [0, 0.05) is 6.54 Å². The highest BCUT2D eigenvalue weighted by Crippen LogP contribution is 2.31. The molecule has 0 saturated heterocycles. The van der Waals surface area contributed by atoms with Crippen molar-refractivity contribution in [3.63, 3.8) is 0 Å². The zero-order chi connectivity index (χ0) is 20.1. The first-order valence-electron chi connectivity index (χ1n) is 8.44. The lowest BCUT2D eigenvalue weighted by Crippen LogP contribution is -2.38. The van der Waals surface area contributed by atoms with E-state index in [0.29, 0.717) is 6.54 Å². The Labute approximate surface area is 158 Å². The van der Waals surface area contributed by atoms with Gasteiger partial charge in [0.25, 0.3) is 0 Å². The van der Waals surface area contributed by atoms with Crippen molar-refractivity contribution >= 4 is 22.8 Å². The van der Waals surface area contributed by atoms with Gasteiger partial charge in [-0.25, -0.2) is 4.98 Å². The molecule has 146 valence electrons. The smallest absolute Gasteiger partial charge is 0.350 e. The minimum Gasteiger partial charge on any atom is -0.350 e. The highest BCUT2D eigenvalue weighted by Gasteiger charge is 2.37. The van der Waals surface area contributed by atoms with Gasteiger partial charge in [0.05, 0.1) is 17.6 Å². The van der Waals surface area contributed by atoms with Gasteiger partial charge in [-0.05, 0) is 17.7 Å². The van der Waals surface area contributed by atoms with Crippen molar-refractivity contribution < 1.29 is 22.8 Å². The van der Waals surface area contributed by atoms with E-state index in [1.165, 1.54) is 12.1 Å². The number of benzene rings is 2. The van der Waals surface area contributed by atoms with Crippen LogP contribution in [0.4, 0.5) is 13.2 Å². The molecule has 9 heteroatoms. The molecule has 1 heterocycles. The molecule has 0 aliphatic rings. The molecule has 2 aromatic carbocycles. The van der Waals surface area contributed by atoms with Crippen molar-refractivity contribution in [3.05, 3.63) is 66.0 Å². The molecule has 28 heavy (non-hydrogen) atoms. The lowest BCUT2D eigenvalue weighted by atomic mass is 10.2. The number of hydrogen-bond donors (Lipinski definition) is 2. The summed E-state index contributed by atoms with van der Waals surface area (Å²) < 4.78 is 40.5. The van der Waals surface area contributed by atoms with E-state index in [1.807, 2.05) is 30.3 Å². The predicted molar refractivity (Wildman–Crippen MR) is 96.0 cm³/mol. The second-order valence-corrected chi connectivity index (χ2v) is 6.05. The molecule has 2 N–H and O–H groups in total. The van der Waals surface area contributed by atoms with Crippen LogP contribution in [0.5, 0.6) is 0 Å². The highest BCUT2D eigenvalue weighted by atomic mass is 19.4. The number of aromatic nitrogens is 2. The van der Waals surface area contributed by atoms with E-state index in [2.05, 4.69) is 15.6 Å². The van der Waals surface area contributed by atoms with Gasteiger partial charge in [0.1, 0.15) is 6.54 Å². The number of nitrogens with one attached hydrogen (secondary N) is 2. The largest absolute Gasteiger partial charge is 0.449 e. The minimum absolute atomic E-state index is 0.142. The van der Waals surface area contributed by atoms with Crippen molar-refractivity contribution in [2.45, 2.75) is 19.3 Å². The molecule has 3 rings (SSSR count). The first-order valence-corrected chi connectivity index (χ1v) is 8.44. The zero-order valence-electron chi connectivity index (χ0n) is 14.7. The number of imidazole rings is 1. The van der Waals surface area contributed by atoms with Crippen LogP contribution >= 0.6 is 0 Å². The molecule has 0 aliphatic carbocycles. The summed E-state index contributed by atoms with van der Waals surface area (Å²) in [5.74, 6) is -2.32. The molecule has 0 radical (unpaired) electrons. The summed E-state index contributed by atoms with van der Waals surface area (Å²) in [6.07, 6.45) is -4.70. The van der Waals surface area contributed by atoms with Gasteiger partial charge in [-0.15, -0.1) is 0 Å². The Bertz CT molecular complexity index is 984. The Kier molecular flexibility index (Phi) is 5.62. The van der Waals surface area contributed by atoms with Crippen LogP contribution in [0.15, 0.2) is 54.6 Å². The average molecular weight is 390 g/mol. The maximum absolute atomic E-state index is 13.2. The molecule has 0 bridgehead atoms. The molecule has 3 aromatic rings. The average Bonchev–Trinajstić information content (AvgIpc) is 3.04. The first-order chi connectivity index (χ1) is 13.3. The number of para-hydroxylation sites is 2. The number of fused-ring (bicyclic) bond motifs is 1. The van der Waals surface area contributed by atoms with Gasteiger partial charge in [0.2, 0.25) is 17.6 Å². The normalized spacial score (nSPS) is 11.4. The molecule has 2 amide bonds. The summed E-state index contributed by atoms with van der Waals surface area (Å²) in [6.45, 7) is -0.638. The molecule has 6 nitrogen and oxygen atoms in total. The monoisotopic (exact) mass is 390 g/mol. The van der Waals surface area contributed by atoms with E-state index in [0.717, 1.165) is 10.1 Å². The zero-order valence-corrected chi connectivity index (χ0v) is 14.7. The maximum Gasteiger partial charge on any atom is 0.449 e. The quantitative estimate of drug-likeness (QED) is 0.679. The van der Waals surface area contributed by atoms with Crippen molar-refractivity contribution in [2.24, 2.45) is 0 Å². The number of carbonyl (C=O) groups excluding carboxylic acids is 2. The molecule has 0 saturated carbocycles. The lowest BCUT2D eigenvalue weighted by Gasteiger charge is -2.12. The minimum atomic E-state index is -4.70. The van der Waals surface area contributed by atoms with E-state index in [4.69, 9.17) is 0 Å². The van der Waals surface area contributed by atoms with Crippen LogP contribution < -0.4 is 10.6 Å². The number of halogens is 3. The fraction of sp³-hybridized carbons (Fsp3) is 0.211. The van der Waals surface area contributed by atoms with E-state index in [9.17, 15) is 22.8 Å². The van der Waals surface area contributed by atoms with Gasteiger partial charge < -0.3 is 15.2 Å². The topological polar surface area (TPSA) is 76.0 Å². The van der Waals surface area contributed by atoms with Gasteiger partial charge in [0.15, 0.2) is 0 Å². The van der Waals surface area contributed by atoms with Crippen molar-refractivity contribution in [1.29, 1.82) is 0 Å². The van der Waals surface area contributed by atoms with E-state index in [-0.39, 0.29) is 17.6 Å². The second-order valence-electron chi connectivity index (χ2n) is 6.05. The standard InChI is InChI=1S/C19H17F3N4O2/c20-19(21,22)18-25-14-8-4-5-9-15(14)26(18)12-17(28)24-11-16(27)23-10-13-6-2-1-3-7-13/h1-9H,10-12H2,(H,23,27)(H,24,28). The van der Waals surface area contributed by atoms with Crippen LogP contribution in [-0.4, -0.2) is 27.9 Å². The molecule has 0 spiro atoms. The molecule has 0 unspecified atom stereocenters. The summed E-state index contributed by atoms with van der Waals surface area (Å²) in [6, 6.07) is 15.2. The van der Waals surface area contributed by atoms with Crippen LogP contribution in [0.25, 0.3) is 11.0 Å². The Hall–Kier alpha value is -3.36. The van der Waals surface area contributed by atoms with Crippen LogP contribution in [0, 0.1) is 0 Å². The fourth-order valence-corrected chi connectivity index (χ4v) is 2.69. The Balaban J connectivity index is 1.61. The van der Waals surface area contributed by atoms with E-state index < -0.39 is 30.4 Å². The van der Waals surface area contributed by atoms with Crippen LogP contribution in [0.1, 0.15) is 11.4 Å². The third-order valence-electron chi connectivity index (χ3n) is 3.99. The molecule has 0 aliphatic heterocycles. The Morgan fingerprint density at radius 1 is 0.929 bits per heavy atom. The number of nitrogens with zero attached hydrogens (tertiary/aromatic N) is 2. The Morgan fingerprint density at radius 2 is 1.61 bits per heavy atom. The third kappa shape index (κ3) is 4.67. The van der Waals surface area contributed by atoms with Crippen molar-refractivity contribution in [2.75, 3.05) is 6.54 Å². The maximum atomic E-state index is 13.2. The SMILES string of the molecule is O=C(CNC(=O)Cn1c(C(F)(F)F)nc2ccccc21)NCc1ccccc1.